The lowest BCUT2D eigenvalue weighted by molar-refractivity contribution is -0.788. The predicted molar refractivity (Wildman–Crippen MR) is 122 cm³/mol. The number of rotatable bonds is 6. The molecule has 3 rings (SSSR count). The summed E-state index contributed by atoms with van der Waals surface area (Å²) in [6, 6.07) is 6.82. The first-order valence-corrected chi connectivity index (χ1v) is 11.0. The highest BCUT2D eigenvalue weighted by Crippen LogP contribution is 2.25. The second-order valence-corrected chi connectivity index (χ2v) is 8.95. The van der Waals surface area contributed by atoms with E-state index in [1.807, 2.05) is 79.7 Å². The quantitative estimate of drug-likeness (QED) is 0.643. The summed E-state index contributed by atoms with van der Waals surface area (Å²) in [5.41, 5.74) is 5.71. The van der Waals surface area contributed by atoms with Crippen LogP contribution in [0.1, 0.15) is 73.0 Å². The van der Waals surface area contributed by atoms with Gasteiger partial charge in [-0.25, -0.2) is 4.79 Å². The van der Waals surface area contributed by atoms with Gasteiger partial charge in [-0.3, -0.25) is 0 Å². The van der Waals surface area contributed by atoms with Crippen molar-refractivity contribution < 1.29 is 9.48 Å². The lowest BCUT2D eigenvalue weighted by Gasteiger charge is -2.46. The van der Waals surface area contributed by atoms with Crippen molar-refractivity contribution in [2.45, 2.75) is 79.6 Å². The number of benzene rings is 1. The number of nitrogens with zero attached hydrogens (tertiary/aromatic N) is 8. The van der Waals surface area contributed by atoms with E-state index in [2.05, 4.69) is 20.7 Å². The van der Waals surface area contributed by atoms with Crippen LogP contribution in [0.25, 0.3) is 16.8 Å². The predicted octanol–water partition coefficient (Wildman–Crippen LogP) is 3.26. The monoisotopic (exact) mass is 440 g/mol. The molecule has 0 radical (unpaired) electrons. The first-order valence-electron chi connectivity index (χ1n) is 11.0. The van der Waals surface area contributed by atoms with E-state index in [9.17, 15) is 9.59 Å². The maximum atomic E-state index is 12.7. The van der Waals surface area contributed by atoms with E-state index in [0.29, 0.717) is 11.7 Å². The molecular weight excluding hydrogens is 408 g/mol. The van der Waals surface area contributed by atoms with Gasteiger partial charge in [-0.05, 0) is 72.9 Å². The van der Waals surface area contributed by atoms with Gasteiger partial charge >= 0.3 is 11.7 Å². The Labute approximate surface area is 188 Å². The van der Waals surface area contributed by atoms with E-state index in [4.69, 9.17) is 0 Å². The van der Waals surface area contributed by atoms with Gasteiger partial charge in [0.05, 0.1) is 0 Å². The Morgan fingerprint density at radius 3 is 2.12 bits per heavy atom. The van der Waals surface area contributed by atoms with Crippen LogP contribution >= 0.6 is 0 Å². The molecule has 0 N–H and O–H groups in total. The van der Waals surface area contributed by atoms with Gasteiger partial charge in [0.2, 0.25) is 5.82 Å². The smallest absolute Gasteiger partial charge is 0.368 e. The Kier molecular flexibility index (Phi) is 6.61. The molecule has 0 saturated carbocycles. The highest BCUT2D eigenvalue weighted by Gasteiger charge is 2.26. The third-order valence-corrected chi connectivity index (χ3v) is 4.93. The minimum absolute atomic E-state index is 0.111. The number of carbonyl (C=O) groups is 1. The number of hydrogen-bond acceptors (Lipinski definition) is 5. The maximum Gasteiger partial charge on any atom is 0.540 e. The third kappa shape index (κ3) is 4.49. The second-order valence-electron chi connectivity index (χ2n) is 8.95. The van der Waals surface area contributed by atoms with Crippen molar-refractivity contribution in [3.63, 3.8) is 0 Å². The summed E-state index contributed by atoms with van der Waals surface area (Å²) in [6.07, 6.45) is 0. The number of amides is 2. The zero-order valence-electron chi connectivity index (χ0n) is 20.0. The summed E-state index contributed by atoms with van der Waals surface area (Å²) in [4.78, 5) is 25.4. The number of amidine groups is 1. The molecule has 32 heavy (non-hydrogen) atoms. The van der Waals surface area contributed by atoms with Crippen LogP contribution < -0.4 is 10.4 Å². The molecular formula is C22H32N8O2. The Balaban J connectivity index is 2.10. The molecule has 0 spiro atoms. The molecule has 1 aliphatic rings. The fourth-order valence-corrected chi connectivity index (χ4v) is 3.20. The first-order chi connectivity index (χ1) is 15.0. The fourth-order valence-electron chi connectivity index (χ4n) is 3.20. The van der Waals surface area contributed by atoms with Gasteiger partial charge < -0.3 is 20.5 Å². The van der Waals surface area contributed by atoms with Crippen molar-refractivity contribution in [3.05, 3.63) is 45.7 Å². The topological polar surface area (TPSA) is 102 Å². The van der Waals surface area contributed by atoms with E-state index in [1.165, 1.54) is 19.4 Å². The van der Waals surface area contributed by atoms with Crippen LogP contribution in [-0.4, -0.2) is 48.8 Å². The molecule has 10 nitrogen and oxygen atoms in total. The van der Waals surface area contributed by atoms with Gasteiger partial charge in [-0.15, -0.1) is 0 Å². The summed E-state index contributed by atoms with van der Waals surface area (Å²) >= 11 is 0. The SMILES string of the molecule is CC(C)N1N=C(c2cccc(-c3nn(C(C)C)c(=O)[n+](C(C)C)n3)c2)[N-]N(C(C)C)C1=O. The van der Waals surface area contributed by atoms with Gasteiger partial charge in [0.25, 0.3) is 0 Å². The third-order valence-electron chi connectivity index (χ3n) is 4.93. The summed E-state index contributed by atoms with van der Waals surface area (Å²) in [5, 5.41) is 16.4. The van der Waals surface area contributed by atoms with Crippen LogP contribution in [0, 0.1) is 0 Å². The van der Waals surface area contributed by atoms with Crippen LogP contribution in [-0.2, 0) is 0 Å². The number of carbonyl (C=O) groups excluding carboxylic acids is 1. The Hall–Kier alpha value is -3.30. The van der Waals surface area contributed by atoms with Crippen molar-refractivity contribution >= 4 is 11.9 Å². The average Bonchev–Trinajstić information content (AvgIpc) is 2.73. The van der Waals surface area contributed by atoms with Crippen molar-refractivity contribution in [1.29, 1.82) is 0 Å². The summed E-state index contributed by atoms with van der Waals surface area (Å²) in [6.45, 7) is 15.3. The van der Waals surface area contributed by atoms with Gasteiger partial charge in [0.1, 0.15) is 12.1 Å². The molecule has 0 atom stereocenters. The van der Waals surface area contributed by atoms with Gasteiger partial charge in [-0.2, -0.15) is 4.79 Å². The molecule has 1 aromatic carbocycles. The van der Waals surface area contributed by atoms with Crippen LogP contribution in [0.3, 0.4) is 0 Å². The summed E-state index contributed by atoms with van der Waals surface area (Å²) in [7, 11) is 0. The number of hydrogen-bond donors (Lipinski definition) is 0. The first kappa shape index (κ1) is 23.4. The standard InChI is InChI=1S/C22H32N8O2/c1-13(2)27-21(31)28(14(3)4)24-19(23-27)17-10-9-11-18(12-17)20-25-29(15(5)6)22(32)30(26-20)16(7)8/h9-16H,1-8H3. The zero-order valence-corrected chi connectivity index (χ0v) is 20.0. The molecule has 1 aromatic heterocycles. The number of aromatic nitrogens is 4. The van der Waals surface area contributed by atoms with E-state index in [-0.39, 0.29) is 35.9 Å². The normalized spacial score (nSPS) is 14.6. The molecule has 10 heteroatoms. The largest absolute Gasteiger partial charge is 0.540 e. The molecule has 0 saturated heterocycles. The molecule has 172 valence electrons. The summed E-state index contributed by atoms with van der Waals surface area (Å²) in [5.74, 6) is 0.866. The van der Waals surface area contributed by atoms with Crippen molar-refractivity contribution in [2.24, 2.45) is 5.10 Å². The Bertz CT molecular complexity index is 1060. The van der Waals surface area contributed by atoms with Crippen molar-refractivity contribution in [2.75, 3.05) is 0 Å². The second kappa shape index (κ2) is 9.05. The minimum Gasteiger partial charge on any atom is -0.368 e. The molecule has 0 unspecified atom stereocenters. The molecule has 0 aliphatic carbocycles. The zero-order chi connectivity index (χ0) is 23.7. The van der Waals surface area contributed by atoms with Gasteiger partial charge in [0, 0.05) is 17.6 Å². The van der Waals surface area contributed by atoms with E-state index >= 15 is 0 Å². The van der Waals surface area contributed by atoms with E-state index in [0.717, 1.165) is 11.1 Å². The maximum absolute atomic E-state index is 12.7. The van der Waals surface area contributed by atoms with Gasteiger partial charge in [0.15, 0.2) is 0 Å². The fraction of sp³-hybridized carbons (Fsp3) is 0.545. The van der Waals surface area contributed by atoms with Crippen LogP contribution in [0.15, 0.2) is 34.2 Å². The lowest BCUT2D eigenvalue weighted by atomic mass is 10.1. The Morgan fingerprint density at radius 2 is 1.56 bits per heavy atom. The number of urea groups is 1. The highest BCUT2D eigenvalue weighted by molar-refractivity contribution is 6.11. The molecule has 1 aliphatic heterocycles. The van der Waals surface area contributed by atoms with Crippen LogP contribution in [0.5, 0.6) is 0 Å². The number of hydrazone groups is 1. The molecule has 2 heterocycles. The average molecular weight is 441 g/mol. The van der Waals surface area contributed by atoms with Crippen LogP contribution in [0.4, 0.5) is 4.79 Å². The molecule has 2 amide bonds. The molecule has 2 aromatic rings. The van der Waals surface area contributed by atoms with E-state index < -0.39 is 0 Å². The van der Waals surface area contributed by atoms with Crippen LogP contribution in [0.2, 0.25) is 0 Å². The Morgan fingerprint density at radius 1 is 0.906 bits per heavy atom. The molecule has 0 fully saturated rings. The van der Waals surface area contributed by atoms with Crippen molar-refractivity contribution in [1.82, 2.24) is 24.9 Å². The molecule has 0 bridgehead atoms. The van der Waals surface area contributed by atoms with Crippen molar-refractivity contribution in [3.8, 4) is 11.4 Å². The lowest BCUT2D eigenvalue weighted by Crippen LogP contribution is -2.59. The van der Waals surface area contributed by atoms with Gasteiger partial charge in [-0.1, -0.05) is 37.8 Å². The summed E-state index contributed by atoms with van der Waals surface area (Å²) < 4.78 is 2.88. The minimum atomic E-state index is -0.250. The highest BCUT2D eigenvalue weighted by atomic mass is 16.2. The van der Waals surface area contributed by atoms with E-state index in [1.54, 1.807) is 0 Å².